The molecule has 3 atom stereocenters. The van der Waals surface area contributed by atoms with E-state index in [9.17, 15) is 6.17 Å². The number of nitrogens with zero attached hydrogens (tertiary/aromatic N) is 1. The van der Waals surface area contributed by atoms with Crippen LogP contribution >= 0.6 is 0 Å². The van der Waals surface area contributed by atoms with E-state index in [1.165, 1.54) is 0 Å². The third-order valence-corrected chi connectivity index (χ3v) is 3.50. The highest BCUT2D eigenvalue weighted by Gasteiger charge is 2.38. The summed E-state index contributed by atoms with van der Waals surface area (Å²) in [6.07, 6.45) is -15.1. The first kappa shape index (κ1) is 4.79. The van der Waals surface area contributed by atoms with Gasteiger partial charge in [0.05, 0.1) is 23.7 Å². The van der Waals surface area contributed by atoms with Gasteiger partial charge in [-0.3, -0.25) is 9.69 Å². The number of fused-ring (bicyclic) bond motifs is 3. The van der Waals surface area contributed by atoms with E-state index in [1.54, 1.807) is 0 Å². The molecule has 1 saturated heterocycles. The van der Waals surface area contributed by atoms with Crippen LogP contribution in [0.5, 0.6) is 11.5 Å². The van der Waals surface area contributed by atoms with E-state index in [0.29, 0.717) is 19.1 Å². The molecule has 0 spiro atoms. The van der Waals surface area contributed by atoms with Crippen molar-refractivity contribution in [2.75, 3.05) is 27.1 Å². The molecule has 2 heterocycles. The SMILES string of the molecule is [2H]C([2H])([2H])Oc1cc2c(cc1OC([2H])([2H])[2H])C1([2H])N(CC([2H])(C([2H])([2H])C([2H])(C([2H])([2H])[2H])C([2H])([2H])C)C(=O)C1([2H])[2H])C([2H])([2H])C2([2H])[2H]. The monoisotopic (exact) mass is 353 g/mol. The molecule has 0 N–H and O–H groups in total. The molecule has 3 rings (SSSR count). The number of ether oxygens (including phenoxy) is 2. The molecule has 4 nitrogen and oxygen atoms in total. The molecule has 2 aliphatic rings. The van der Waals surface area contributed by atoms with Crippen molar-refractivity contribution in [2.45, 2.75) is 45.3 Å². The second-order valence-electron chi connectivity index (χ2n) is 4.90. The Bertz CT molecular complexity index is 1390. The molecular formula is C20H29NO3. The van der Waals surface area contributed by atoms with Crippen molar-refractivity contribution in [3.05, 3.63) is 23.3 Å². The lowest BCUT2D eigenvalue weighted by Crippen LogP contribution is -2.46. The summed E-state index contributed by atoms with van der Waals surface area (Å²) in [5.74, 6) is -12.2. The Hall–Kier alpha value is -1.55. The van der Waals surface area contributed by atoms with Gasteiger partial charge >= 0.3 is 0 Å². The highest BCUT2D eigenvalue weighted by molar-refractivity contribution is 5.83. The van der Waals surface area contributed by atoms with Gasteiger partial charge in [-0.15, -0.1) is 0 Å². The van der Waals surface area contributed by atoms with Crippen LogP contribution in [0.25, 0.3) is 0 Å². The number of rotatable bonds is 5. The zero-order chi connectivity index (χ0) is 36.5. The third kappa shape index (κ3) is 3.16. The van der Waals surface area contributed by atoms with Crippen LogP contribution in [-0.4, -0.2) is 37.8 Å². The van der Waals surface area contributed by atoms with E-state index in [0.717, 1.165) is 0 Å². The summed E-state index contributed by atoms with van der Waals surface area (Å²) in [6, 6.07) is -2.64. The summed E-state index contributed by atoms with van der Waals surface area (Å²) in [4.78, 5) is 13.9. The molecule has 1 fully saturated rings. The quantitative estimate of drug-likeness (QED) is 0.810. The van der Waals surface area contributed by atoms with E-state index < -0.39 is 106 Å². The molecule has 3 unspecified atom stereocenters. The Morgan fingerprint density at radius 1 is 1.50 bits per heavy atom. The van der Waals surface area contributed by atoms with Crippen molar-refractivity contribution >= 4 is 5.78 Å². The molecule has 0 saturated carbocycles. The average Bonchev–Trinajstić information content (AvgIpc) is 2.81. The van der Waals surface area contributed by atoms with Crippen LogP contribution in [0.4, 0.5) is 0 Å². The van der Waals surface area contributed by atoms with E-state index in [-0.39, 0.29) is 4.90 Å². The third-order valence-electron chi connectivity index (χ3n) is 3.50. The number of aryl methyl sites for hydroxylation is 1. The molecule has 0 aliphatic carbocycles. The number of piperidine rings is 1. The molecule has 132 valence electrons. The van der Waals surface area contributed by atoms with Gasteiger partial charge in [0.2, 0.25) is 0 Å². The summed E-state index contributed by atoms with van der Waals surface area (Å²) >= 11 is 0. The molecule has 4 heteroatoms. The van der Waals surface area contributed by atoms with E-state index in [2.05, 4.69) is 0 Å². The predicted molar refractivity (Wildman–Crippen MR) is 94.8 cm³/mol. The van der Waals surface area contributed by atoms with Crippen LogP contribution in [0.1, 0.15) is 80.2 Å². The molecule has 1 aromatic rings. The molecule has 0 amide bonds. The Kier molecular flexibility index (Phi) is 1.42. The van der Waals surface area contributed by atoms with Crippen molar-refractivity contribution in [3.8, 4) is 11.5 Å². The Morgan fingerprint density at radius 3 is 3.00 bits per heavy atom. The number of hydrogen-bond acceptors (Lipinski definition) is 4. The lowest BCUT2D eigenvalue weighted by atomic mass is 9.79. The maximum Gasteiger partial charge on any atom is 0.161 e. The first-order valence-corrected chi connectivity index (χ1v) is 6.79. The van der Waals surface area contributed by atoms with Crippen molar-refractivity contribution in [3.63, 3.8) is 0 Å². The maximum atomic E-state index is 14.0. The molecule has 0 bridgehead atoms. The summed E-state index contributed by atoms with van der Waals surface area (Å²) in [7, 11) is -6.69. The second kappa shape index (κ2) is 7.14. The summed E-state index contributed by atoms with van der Waals surface area (Å²) in [5, 5.41) is 0. The second-order valence-corrected chi connectivity index (χ2v) is 4.90. The lowest BCUT2D eigenvalue weighted by Gasteiger charge is -2.43. The Morgan fingerprint density at radius 2 is 2.29 bits per heavy atom. The predicted octanol–water partition coefficient (Wildman–Crippen LogP) is 3.63. The number of benzene rings is 1. The molecular weight excluding hydrogens is 302 g/mol. The van der Waals surface area contributed by atoms with Gasteiger partial charge in [0.25, 0.3) is 0 Å². The van der Waals surface area contributed by atoms with Crippen molar-refractivity contribution in [2.24, 2.45) is 11.8 Å². The fourth-order valence-electron chi connectivity index (χ4n) is 2.32. The summed E-state index contributed by atoms with van der Waals surface area (Å²) < 4.78 is 189. The number of carbonyl (C=O) groups excluding carboxylic acids is 1. The molecule has 24 heavy (non-hydrogen) atoms. The van der Waals surface area contributed by atoms with Crippen LogP contribution in [0.3, 0.4) is 0 Å². The smallest absolute Gasteiger partial charge is 0.161 e. The van der Waals surface area contributed by atoms with E-state index in [1.807, 2.05) is 0 Å². The molecule has 2 aliphatic heterocycles. The van der Waals surface area contributed by atoms with Gasteiger partial charge in [0, 0.05) is 51.9 Å². The lowest BCUT2D eigenvalue weighted by molar-refractivity contribution is -0.129. The van der Waals surface area contributed by atoms with Crippen molar-refractivity contribution < 1.29 is 44.4 Å². The van der Waals surface area contributed by atoms with Gasteiger partial charge in [-0.25, -0.2) is 0 Å². The highest BCUT2D eigenvalue weighted by Crippen LogP contribution is 2.42. The zero-order valence-corrected chi connectivity index (χ0v) is 12.5. The van der Waals surface area contributed by atoms with Crippen LogP contribution in [0.2, 0.25) is 0 Å². The summed E-state index contributed by atoms with van der Waals surface area (Å²) in [6.45, 7) is -9.00. The first-order chi connectivity index (χ1) is 19.9. The van der Waals surface area contributed by atoms with Gasteiger partial charge in [-0.05, 0) is 41.9 Å². The number of Topliss-reactive ketones (excluding diaryl/α,β-unsaturated/α-hetero) is 1. The summed E-state index contributed by atoms with van der Waals surface area (Å²) in [5.41, 5.74) is -2.04. The van der Waals surface area contributed by atoms with Gasteiger partial charge in [-0.1, -0.05) is 20.1 Å². The van der Waals surface area contributed by atoms with Crippen LogP contribution in [0, 0.1) is 11.8 Å². The van der Waals surface area contributed by atoms with Gasteiger partial charge in [0.15, 0.2) is 11.5 Å². The first-order valence-electron chi connectivity index (χ1n) is 17.8. The Labute approximate surface area is 176 Å². The Balaban J connectivity index is 2.49. The van der Waals surface area contributed by atoms with Gasteiger partial charge in [0.1, 0.15) is 5.78 Å². The van der Waals surface area contributed by atoms with Crippen molar-refractivity contribution in [1.29, 1.82) is 0 Å². The number of ketones is 1. The minimum Gasteiger partial charge on any atom is -0.493 e. The van der Waals surface area contributed by atoms with E-state index in [4.69, 9.17) is 38.3 Å². The molecule has 0 radical (unpaired) electrons. The molecule has 1 aromatic carbocycles. The average molecular weight is 354 g/mol. The van der Waals surface area contributed by atoms with Crippen LogP contribution in [-0.2, 0) is 11.2 Å². The normalized spacial score (nSPS) is 55.0. The minimum absolute atomic E-state index is 0.0941. The molecule has 0 aromatic heterocycles. The zero-order valence-electron chi connectivity index (χ0n) is 34.5. The number of methoxy groups -OCH3 is 2. The topological polar surface area (TPSA) is 38.8 Å². The largest absolute Gasteiger partial charge is 0.493 e. The number of carbonyl (C=O) groups is 1. The fourth-order valence-corrected chi connectivity index (χ4v) is 2.32. The van der Waals surface area contributed by atoms with Gasteiger partial charge < -0.3 is 9.47 Å². The minimum atomic E-state index is -4.20. The number of hydrogen-bond donors (Lipinski definition) is 0. The standard InChI is InChI=1S/C20H29NO3/c1-5-13(2)8-15-12-21-7-6-14-9-19(23-3)20(24-4)10-16(14)17(21)11-18(15)22/h9-10,13,15,17H,5-8,11-12H2,1-4H3/i2D3,3D3,4D3,5D2,6D2,7D2,8D2,11D2,13D,15D,17D. The highest BCUT2D eigenvalue weighted by atomic mass is 16.5. The van der Waals surface area contributed by atoms with Crippen molar-refractivity contribution in [1.82, 2.24) is 4.90 Å². The van der Waals surface area contributed by atoms with Crippen LogP contribution in [0.15, 0.2) is 12.1 Å². The fraction of sp³-hybridized carbons (Fsp3) is 0.650. The van der Waals surface area contributed by atoms with Crippen LogP contribution < -0.4 is 9.47 Å². The van der Waals surface area contributed by atoms with E-state index >= 15 is 0 Å². The van der Waals surface area contributed by atoms with Gasteiger partial charge in [-0.2, -0.15) is 0 Å². The maximum absolute atomic E-state index is 14.0.